The van der Waals surface area contributed by atoms with Crippen molar-refractivity contribution in [1.82, 2.24) is 19.5 Å². The molecule has 2 aliphatic rings. The van der Waals surface area contributed by atoms with E-state index in [9.17, 15) is 13.2 Å². The lowest BCUT2D eigenvalue weighted by atomic mass is 9.95. The van der Waals surface area contributed by atoms with Crippen LogP contribution in [0.1, 0.15) is 31.0 Å². The fourth-order valence-electron chi connectivity index (χ4n) is 3.65. The van der Waals surface area contributed by atoms with Gasteiger partial charge in [0.2, 0.25) is 5.91 Å². The van der Waals surface area contributed by atoms with Crippen LogP contribution in [0.15, 0.2) is 35.9 Å². The van der Waals surface area contributed by atoms with Crippen molar-refractivity contribution in [3.05, 3.63) is 41.7 Å². The molecule has 0 N–H and O–H groups in total. The Morgan fingerprint density at radius 3 is 2.72 bits per heavy atom. The zero-order valence-electron chi connectivity index (χ0n) is 13.8. The lowest BCUT2D eigenvalue weighted by Crippen LogP contribution is -2.39. The third kappa shape index (κ3) is 3.30. The van der Waals surface area contributed by atoms with Gasteiger partial charge in [0, 0.05) is 43.0 Å². The second-order valence-electron chi connectivity index (χ2n) is 6.76. The van der Waals surface area contributed by atoms with Crippen LogP contribution in [-0.4, -0.2) is 52.7 Å². The van der Waals surface area contributed by atoms with Gasteiger partial charge in [0.1, 0.15) is 5.82 Å². The van der Waals surface area contributed by atoms with Crippen molar-refractivity contribution in [1.29, 1.82) is 0 Å². The normalized spacial score (nSPS) is 23.4. The highest BCUT2D eigenvalue weighted by molar-refractivity contribution is 7.94. The topological polar surface area (TPSA) is 84.6 Å². The molecule has 2 aromatic heterocycles. The highest BCUT2D eigenvalue weighted by Gasteiger charge is 2.29. The molecule has 4 rings (SSSR count). The summed E-state index contributed by atoms with van der Waals surface area (Å²) in [5.74, 6) is 1.15. The van der Waals surface area contributed by atoms with E-state index in [1.165, 1.54) is 5.41 Å². The number of hydrogen-bond acceptors (Lipinski definition) is 5. The van der Waals surface area contributed by atoms with Crippen LogP contribution in [0.3, 0.4) is 0 Å². The molecule has 132 valence electrons. The highest BCUT2D eigenvalue weighted by Crippen LogP contribution is 2.28. The highest BCUT2D eigenvalue weighted by atomic mass is 32.2. The van der Waals surface area contributed by atoms with Crippen molar-refractivity contribution >= 4 is 21.4 Å². The Hall–Kier alpha value is -2.22. The van der Waals surface area contributed by atoms with Gasteiger partial charge in [-0.1, -0.05) is 12.1 Å². The monoisotopic (exact) mass is 360 g/mol. The first-order valence-corrected chi connectivity index (χ1v) is 10.2. The smallest absolute Gasteiger partial charge is 0.223 e. The summed E-state index contributed by atoms with van der Waals surface area (Å²) in [6.45, 7) is 1.35. The molecular formula is C17H20N4O3S. The fourth-order valence-corrected chi connectivity index (χ4v) is 5.04. The molecule has 0 spiro atoms. The van der Waals surface area contributed by atoms with Gasteiger partial charge >= 0.3 is 0 Å². The summed E-state index contributed by atoms with van der Waals surface area (Å²) in [7, 11) is -3.10. The number of carbonyl (C=O) groups is 1. The van der Waals surface area contributed by atoms with Gasteiger partial charge in [0.25, 0.3) is 0 Å². The van der Waals surface area contributed by atoms with Crippen LogP contribution >= 0.6 is 0 Å². The van der Waals surface area contributed by atoms with Gasteiger partial charge in [-0.15, -0.1) is 10.2 Å². The molecule has 0 bridgehead atoms. The number of amides is 1. The van der Waals surface area contributed by atoms with E-state index in [1.807, 2.05) is 33.7 Å². The lowest BCUT2D eigenvalue weighted by molar-refractivity contribution is -0.132. The van der Waals surface area contributed by atoms with Gasteiger partial charge in [0.15, 0.2) is 15.5 Å². The van der Waals surface area contributed by atoms with E-state index in [2.05, 4.69) is 10.2 Å². The Labute approximate surface area is 146 Å². The first-order chi connectivity index (χ1) is 12.0. The number of fused-ring (bicyclic) bond motifs is 1. The Bertz CT molecular complexity index is 926. The Balaban J connectivity index is 1.37. The van der Waals surface area contributed by atoms with Crippen molar-refractivity contribution in [2.75, 3.05) is 18.8 Å². The standard InChI is InChI=1S/C17H20N4O3S/c22-16(11-13-6-10-25(23,24)12-13)20-8-4-14(5-9-20)17-19-18-15-3-1-2-7-21(15)17/h1-3,6-7,10,13-14H,4-5,8-9,11-12H2/t13-/m1/s1. The zero-order valence-corrected chi connectivity index (χ0v) is 14.6. The number of hydrogen-bond donors (Lipinski definition) is 0. The molecule has 0 aliphatic carbocycles. The quantitative estimate of drug-likeness (QED) is 0.826. The number of piperidine rings is 1. The Morgan fingerprint density at radius 2 is 2.00 bits per heavy atom. The van der Waals surface area contributed by atoms with E-state index >= 15 is 0 Å². The van der Waals surface area contributed by atoms with E-state index in [4.69, 9.17) is 0 Å². The predicted octanol–water partition coefficient (Wildman–Crippen LogP) is 1.38. The molecule has 7 nitrogen and oxygen atoms in total. The van der Waals surface area contributed by atoms with E-state index < -0.39 is 9.84 Å². The number of sulfone groups is 1. The molecule has 2 aliphatic heterocycles. The molecule has 1 atom stereocenters. The molecule has 1 amide bonds. The maximum atomic E-state index is 12.4. The van der Waals surface area contributed by atoms with Crippen LogP contribution in [0.2, 0.25) is 0 Å². The van der Waals surface area contributed by atoms with Crippen LogP contribution < -0.4 is 0 Å². The van der Waals surface area contributed by atoms with E-state index in [-0.39, 0.29) is 29.9 Å². The van der Waals surface area contributed by atoms with Crippen molar-refractivity contribution < 1.29 is 13.2 Å². The summed E-state index contributed by atoms with van der Waals surface area (Å²) >= 11 is 0. The molecule has 1 saturated heterocycles. The molecule has 0 saturated carbocycles. The second kappa shape index (κ2) is 6.25. The molecular weight excluding hydrogens is 340 g/mol. The van der Waals surface area contributed by atoms with Crippen molar-refractivity contribution in [3.8, 4) is 0 Å². The fraction of sp³-hybridized carbons (Fsp3) is 0.471. The second-order valence-corrected chi connectivity index (χ2v) is 8.70. The average molecular weight is 360 g/mol. The SMILES string of the molecule is O=C(C[C@H]1C=CS(=O)(=O)C1)N1CCC(c2nnc3ccccn23)CC1. The van der Waals surface area contributed by atoms with Crippen LogP contribution in [0, 0.1) is 5.92 Å². The molecule has 25 heavy (non-hydrogen) atoms. The number of allylic oxidation sites excluding steroid dienone is 1. The minimum absolute atomic E-state index is 0.0382. The number of pyridine rings is 1. The van der Waals surface area contributed by atoms with Crippen molar-refractivity contribution in [2.24, 2.45) is 5.92 Å². The molecule has 0 unspecified atom stereocenters. The molecule has 0 radical (unpaired) electrons. The van der Waals surface area contributed by atoms with Crippen molar-refractivity contribution in [3.63, 3.8) is 0 Å². The van der Waals surface area contributed by atoms with Crippen LogP contribution in [0.25, 0.3) is 5.65 Å². The minimum Gasteiger partial charge on any atom is -0.343 e. The summed E-state index contributed by atoms with van der Waals surface area (Å²) in [6.07, 6.45) is 5.58. The minimum atomic E-state index is -3.10. The number of likely N-dealkylation sites (tertiary alicyclic amines) is 1. The largest absolute Gasteiger partial charge is 0.343 e. The Kier molecular flexibility index (Phi) is 4.07. The molecule has 0 aromatic carbocycles. The number of aromatic nitrogens is 3. The molecule has 2 aromatic rings. The van der Waals surface area contributed by atoms with Gasteiger partial charge in [-0.3, -0.25) is 9.20 Å². The average Bonchev–Trinajstić information content (AvgIpc) is 3.18. The van der Waals surface area contributed by atoms with Gasteiger partial charge in [-0.25, -0.2) is 8.42 Å². The zero-order chi connectivity index (χ0) is 17.4. The summed E-state index contributed by atoms with van der Waals surface area (Å²) in [4.78, 5) is 14.3. The van der Waals surface area contributed by atoms with Gasteiger partial charge < -0.3 is 4.90 Å². The third-order valence-electron chi connectivity index (χ3n) is 4.99. The maximum absolute atomic E-state index is 12.4. The van der Waals surface area contributed by atoms with E-state index in [0.717, 1.165) is 24.3 Å². The Morgan fingerprint density at radius 1 is 1.20 bits per heavy atom. The van der Waals surface area contributed by atoms with Crippen LogP contribution in [-0.2, 0) is 14.6 Å². The molecule has 1 fully saturated rings. The predicted molar refractivity (Wildman–Crippen MR) is 92.6 cm³/mol. The van der Waals surface area contributed by atoms with Crippen LogP contribution in [0.5, 0.6) is 0 Å². The molecule has 8 heteroatoms. The van der Waals surface area contributed by atoms with E-state index in [0.29, 0.717) is 13.1 Å². The van der Waals surface area contributed by atoms with Gasteiger partial charge in [-0.05, 0) is 25.0 Å². The number of carbonyl (C=O) groups excluding carboxylic acids is 1. The summed E-state index contributed by atoms with van der Waals surface area (Å²) < 4.78 is 24.9. The van der Waals surface area contributed by atoms with E-state index in [1.54, 1.807) is 6.08 Å². The lowest BCUT2D eigenvalue weighted by Gasteiger charge is -2.31. The van der Waals surface area contributed by atoms with Gasteiger partial charge in [-0.2, -0.15) is 0 Å². The van der Waals surface area contributed by atoms with Crippen molar-refractivity contribution in [2.45, 2.75) is 25.2 Å². The number of nitrogens with zero attached hydrogens (tertiary/aromatic N) is 4. The van der Waals surface area contributed by atoms with Gasteiger partial charge in [0.05, 0.1) is 5.75 Å². The first-order valence-electron chi connectivity index (χ1n) is 8.50. The van der Waals surface area contributed by atoms with Crippen LogP contribution in [0.4, 0.5) is 0 Å². The summed E-state index contributed by atoms with van der Waals surface area (Å²) in [5.41, 5.74) is 0.838. The third-order valence-corrected chi connectivity index (χ3v) is 6.46. The first kappa shape index (κ1) is 16.3. The summed E-state index contributed by atoms with van der Waals surface area (Å²) in [5, 5.41) is 9.75. The molecule has 4 heterocycles. The summed E-state index contributed by atoms with van der Waals surface area (Å²) in [6, 6.07) is 5.83. The number of rotatable bonds is 3. The maximum Gasteiger partial charge on any atom is 0.223 e.